The molecule has 5 nitrogen and oxygen atoms in total. The molecule has 0 fully saturated rings. The van der Waals surface area contributed by atoms with Crippen LogP contribution in [-0.2, 0) is 17.6 Å². The molecule has 0 aliphatic rings. The van der Waals surface area contributed by atoms with Crippen LogP contribution >= 0.6 is 11.3 Å². The minimum absolute atomic E-state index is 0.0569. The van der Waals surface area contributed by atoms with Crippen LogP contribution in [0.4, 0.5) is 0 Å². The van der Waals surface area contributed by atoms with Crippen LogP contribution in [0.15, 0.2) is 48.5 Å². The molecule has 0 spiro atoms. The minimum atomic E-state index is -0.930. The van der Waals surface area contributed by atoms with E-state index < -0.39 is 5.97 Å². The van der Waals surface area contributed by atoms with Crippen LogP contribution in [0.25, 0.3) is 10.2 Å². The van der Waals surface area contributed by atoms with Gasteiger partial charge >= 0.3 is 5.97 Å². The van der Waals surface area contributed by atoms with Crippen molar-refractivity contribution in [3.05, 3.63) is 64.7 Å². The molecular formula is C21H22N2O3S. The zero-order valence-corrected chi connectivity index (χ0v) is 15.8. The highest BCUT2D eigenvalue weighted by molar-refractivity contribution is 7.18. The number of para-hydroxylation sites is 1. The van der Waals surface area contributed by atoms with E-state index in [2.05, 4.69) is 16.4 Å². The topological polar surface area (TPSA) is 79.3 Å². The number of rotatable bonds is 9. The SMILES string of the molecule is O=C(CCCCc1nc2ccccc2s1)NCCc1ccc(C(=O)O)cc1. The highest BCUT2D eigenvalue weighted by Crippen LogP contribution is 2.22. The minimum Gasteiger partial charge on any atom is -0.478 e. The Morgan fingerprint density at radius 1 is 1.00 bits per heavy atom. The Labute approximate surface area is 162 Å². The zero-order valence-electron chi connectivity index (χ0n) is 15.0. The van der Waals surface area contributed by atoms with Gasteiger partial charge in [0.05, 0.1) is 20.8 Å². The van der Waals surface area contributed by atoms with E-state index in [9.17, 15) is 9.59 Å². The number of hydrogen-bond acceptors (Lipinski definition) is 4. The summed E-state index contributed by atoms with van der Waals surface area (Å²) in [5.41, 5.74) is 2.33. The molecule has 3 aromatic rings. The molecule has 0 atom stereocenters. The molecule has 2 aromatic carbocycles. The van der Waals surface area contributed by atoms with Gasteiger partial charge in [0.1, 0.15) is 0 Å². The molecular weight excluding hydrogens is 360 g/mol. The van der Waals surface area contributed by atoms with Crippen molar-refractivity contribution < 1.29 is 14.7 Å². The Hall–Kier alpha value is -2.73. The van der Waals surface area contributed by atoms with Crippen LogP contribution in [0.3, 0.4) is 0 Å². The Kier molecular flexibility index (Phi) is 6.54. The number of carbonyl (C=O) groups is 2. The van der Waals surface area contributed by atoms with E-state index in [1.807, 2.05) is 18.2 Å². The maximum atomic E-state index is 11.9. The quantitative estimate of drug-likeness (QED) is 0.547. The lowest BCUT2D eigenvalue weighted by molar-refractivity contribution is -0.121. The van der Waals surface area contributed by atoms with Gasteiger partial charge in [-0.25, -0.2) is 9.78 Å². The third kappa shape index (κ3) is 5.62. The summed E-state index contributed by atoms with van der Waals surface area (Å²) >= 11 is 1.72. The first-order valence-electron chi connectivity index (χ1n) is 9.05. The number of amides is 1. The summed E-state index contributed by atoms with van der Waals surface area (Å²) in [6, 6.07) is 14.9. The average Bonchev–Trinajstić information content (AvgIpc) is 3.08. The smallest absolute Gasteiger partial charge is 0.335 e. The third-order valence-electron chi connectivity index (χ3n) is 4.32. The summed E-state index contributed by atoms with van der Waals surface area (Å²) < 4.78 is 1.21. The summed E-state index contributed by atoms with van der Waals surface area (Å²) in [5.74, 6) is -0.873. The molecule has 1 aromatic heterocycles. The summed E-state index contributed by atoms with van der Waals surface area (Å²) in [4.78, 5) is 27.4. The number of carboxylic acid groups (broad SMARTS) is 1. The first kappa shape index (κ1) is 19.0. The van der Waals surface area contributed by atoms with Gasteiger partial charge in [-0.3, -0.25) is 4.79 Å². The normalized spacial score (nSPS) is 10.8. The standard InChI is InChI=1S/C21H22N2O3S/c24-19(22-14-13-15-9-11-16(12-10-15)21(25)26)7-3-4-8-20-23-17-5-1-2-6-18(17)27-20/h1-2,5-6,9-12H,3-4,7-8,13-14H2,(H,22,24)(H,25,26). The monoisotopic (exact) mass is 382 g/mol. The Morgan fingerprint density at radius 3 is 2.52 bits per heavy atom. The number of fused-ring (bicyclic) bond motifs is 1. The Balaban J connectivity index is 1.32. The summed E-state index contributed by atoms with van der Waals surface area (Å²) in [5, 5.41) is 12.9. The lowest BCUT2D eigenvalue weighted by Gasteiger charge is -2.05. The largest absolute Gasteiger partial charge is 0.478 e. The molecule has 0 saturated carbocycles. The predicted molar refractivity (Wildman–Crippen MR) is 107 cm³/mol. The van der Waals surface area contributed by atoms with Gasteiger partial charge in [-0.15, -0.1) is 11.3 Å². The number of unbranched alkanes of at least 4 members (excludes halogenated alkanes) is 1. The first-order chi connectivity index (χ1) is 13.1. The molecule has 27 heavy (non-hydrogen) atoms. The third-order valence-corrected chi connectivity index (χ3v) is 5.42. The van der Waals surface area contributed by atoms with Crippen molar-refractivity contribution in [3.8, 4) is 0 Å². The van der Waals surface area contributed by atoms with Gasteiger partial charge in [-0.05, 0) is 55.5 Å². The molecule has 0 aliphatic heterocycles. The number of hydrogen-bond donors (Lipinski definition) is 2. The van der Waals surface area contributed by atoms with Crippen LogP contribution in [0.2, 0.25) is 0 Å². The Bertz CT molecular complexity index is 886. The molecule has 3 rings (SSSR count). The molecule has 2 N–H and O–H groups in total. The van der Waals surface area contributed by atoms with Gasteiger partial charge in [0.15, 0.2) is 0 Å². The highest BCUT2D eigenvalue weighted by atomic mass is 32.1. The van der Waals surface area contributed by atoms with Crippen molar-refractivity contribution in [3.63, 3.8) is 0 Å². The van der Waals surface area contributed by atoms with Gasteiger partial charge in [-0.1, -0.05) is 24.3 Å². The van der Waals surface area contributed by atoms with E-state index in [-0.39, 0.29) is 11.5 Å². The zero-order chi connectivity index (χ0) is 19.1. The molecule has 0 aliphatic carbocycles. The lowest BCUT2D eigenvalue weighted by atomic mass is 10.1. The summed E-state index contributed by atoms with van der Waals surface area (Å²) in [7, 11) is 0. The number of thiazole rings is 1. The molecule has 0 unspecified atom stereocenters. The fourth-order valence-corrected chi connectivity index (χ4v) is 3.85. The average molecular weight is 382 g/mol. The lowest BCUT2D eigenvalue weighted by Crippen LogP contribution is -2.25. The van der Waals surface area contributed by atoms with E-state index in [0.717, 1.165) is 35.4 Å². The number of benzene rings is 2. The first-order valence-corrected chi connectivity index (χ1v) is 9.87. The van der Waals surface area contributed by atoms with E-state index >= 15 is 0 Å². The van der Waals surface area contributed by atoms with Gasteiger partial charge in [-0.2, -0.15) is 0 Å². The maximum Gasteiger partial charge on any atom is 0.335 e. The van der Waals surface area contributed by atoms with Crippen LogP contribution < -0.4 is 5.32 Å². The fraction of sp³-hybridized carbons (Fsp3) is 0.286. The predicted octanol–water partition coefficient (Wildman–Crippen LogP) is 4.07. The summed E-state index contributed by atoms with van der Waals surface area (Å²) in [6.45, 7) is 0.559. The number of aromatic nitrogens is 1. The molecule has 0 saturated heterocycles. The molecule has 1 amide bonds. The van der Waals surface area contributed by atoms with Gasteiger partial charge in [0.2, 0.25) is 5.91 Å². The Morgan fingerprint density at radius 2 is 1.78 bits per heavy atom. The molecule has 0 radical (unpaired) electrons. The number of carbonyl (C=O) groups excluding carboxylic acids is 1. The number of aryl methyl sites for hydroxylation is 1. The number of nitrogens with one attached hydrogen (secondary N) is 1. The van der Waals surface area contributed by atoms with Crippen LogP contribution in [0, 0.1) is 0 Å². The van der Waals surface area contributed by atoms with Crippen molar-refractivity contribution in [2.24, 2.45) is 0 Å². The van der Waals surface area contributed by atoms with E-state index in [4.69, 9.17) is 5.11 Å². The second kappa shape index (κ2) is 9.28. The van der Waals surface area contributed by atoms with E-state index in [1.54, 1.807) is 35.6 Å². The molecule has 1 heterocycles. The number of aromatic carboxylic acids is 1. The second-order valence-corrected chi connectivity index (χ2v) is 7.50. The van der Waals surface area contributed by atoms with Crippen molar-refractivity contribution in [1.29, 1.82) is 0 Å². The van der Waals surface area contributed by atoms with Gasteiger partial charge < -0.3 is 10.4 Å². The molecule has 6 heteroatoms. The van der Waals surface area contributed by atoms with Crippen LogP contribution in [-0.4, -0.2) is 28.5 Å². The van der Waals surface area contributed by atoms with Crippen LogP contribution in [0.1, 0.15) is 40.2 Å². The van der Waals surface area contributed by atoms with E-state index in [1.165, 1.54) is 4.70 Å². The van der Waals surface area contributed by atoms with Crippen molar-refractivity contribution >= 4 is 33.4 Å². The second-order valence-electron chi connectivity index (χ2n) is 6.38. The van der Waals surface area contributed by atoms with Crippen LogP contribution in [0.5, 0.6) is 0 Å². The van der Waals surface area contributed by atoms with Gasteiger partial charge in [0, 0.05) is 13.0 Å². The number of nitrogens with zero attached hydrogens (tertiary/aromatic N) is 1. The molecule has 140 valence electrons. The van der Waals surface area contributed by atoms with E-state index in [0.29, 0.717) is 19.4 Å². The highest BCUT2D eigenvalue weighted by Gasteiger charge is 2.05. The van der Waals surface area contributed by atoms with Crippen molar-refractivity contribution in [2.45, 2.75) is 32.1 Å². The number of carboxylic acids is 1. The molecule has 0 bridgehead atoms. The van der Waals surface area contributed by atoms with Gasteiger partial charge in [0.25, 0.3) is 0 Å². The van der Waals surface area contributed by atoms with Crippen molar-refractivity contribution in [1.82, 2.24) is 10.3 Å². The fourth-order valence-electron chi connectivity index (χ4n) is 2.84. The maximum absolute atomic E-state index is 11.9. The van der Waals surface area contributed by atoms with Crippen molar-refractivity contribution in [2.75, 3.05) is 6.54 Å². The summed E-state index contributed by atoms with van der Waals surface area (Å²) in [6.07, 6.45) is 3.90.